The van der Waals surface area contributed by atoms with Crippen molar-refractivity contribution in [1.82, 2.24) is 29.8 Å². The fourth-order valence-electron chi connectivity index (χ4n) is 4.42. The van der Waals surface area contributed by atoms with Crippen LogP contribution in [0.2, 0.25) is 0 Å². The van der Waals surface area contributed by atoms with Crippen LogP contribution in [0.4, 0.5) is 0 Å². The number of aromatic nitrogens is 4. The van der Waals surface area contributed by atoms with Crippen LogP contribution in [0, 0.1) is 6.92 Å². The molecule has 1 aliphatic rings. The summed E-state index contributed by atoms with van der Waals surface area (Å²) in [7, 11) is 1.92. The maximum absolute atomic E-state index is 13.1. The van der Waals surface area contributed by atoms with Crippen molar-refractivity contribution in [3.63, 3.8) is 0 Å². The Morgan fingerprint density at radius 1 is 1.37 bits per heavy atom. The molecule has 1 aliphatic heterocycles. The van der Waals surface area contributed by atoms with Crippen molar-refractivity contribution < 1.29 is 4.79 Å². The average molecular weight is 423 g/mol. The van der Waals surface area contributed by atoms with Crippen molar-refractivity contribution in [3.8, 4) is 11.3 Å². The Morgan fingerprint density at radius 3 is 2.93 bits per heavy atom. The maximum atomic E-state index is 13.1. The maximum Gasteiger partial charge on any atom is 0.264 e. The van der Waals surface area contributed by atoms with Gasteiger partial charge in [-0.05, 0) is 49.1 Å². The average Bonchev–Trinajstić information content (AvgIpc) is 3.49. The van der Waals surface area contributed by atoms with Crippen LogP contribution < -0.4 is 5.32 Å². The number of nitrogens with zero attached hydrogens (tertiary/aromatic N) is 4. The Labute approximate surface area is 179 Å². The molecule has 0 saturated carbocycles. The molecular weight excluding hydrogens is 396 g/mol. The number of amides is 1. The fraction of sp³-hybridized carbons (Fsp3) is 0.409. The van der Waals surface area contributed by atoms with Gasteiger partial charge in [-0.1, -0.05) is 13.8 Å². The lowest BCUT2D eigenvalue weighted by molar-refractivity contribution is 0.0748. The summed E-state index contributed by atoms with van der Waals surface area (Å²) < 4.78 is 2.99. The van der Waals surface area contributed by atoms with Crippen molar-refractivity contribution in [2.45, 2.75) is 39.2 Å². The van der Waals surface area contributed by atoms with E-state index in [9.17, 15) is 4.79 Å². The second kappa shape index (κ2) is 7.21. The van der Waals surface area contributed by atoms with Crippen LogP contribution in [0.1, 0.15) is 47.0 Å². The summed E-state index contributed by atoms with van der Waals surface area (Å²) in [6, 6.07) is 4.44. The predicted molar refractivity (Wildman–Crippen MR) is 120 cm³/mol. The van der Waals surface area contributed by atoms with E-state index in [-0.39, 0.29) is 11.9 Å². The van der Waals surface area contributed by atoms with E-state index in [1.54, 1.807) is 17.7 Å². The number of fused-ring (bicyclic) bond motifs is 2. The standard InChI is InChI=1S/C22H26N6OS/c1-12(2)18-19(14-7-13(3)21-24-11-25-28(21)10-14)26-16-8-17(30-20(16)18)22(29)27(4)15-5-6-23-9-15/h7-8,10-12,15,23,26H,5-6,9H2,1-4H3/t15-/m0/s1. The number of hydrogen-bond acceptors (Lipinski definition) is 5. The molecule has 8 heteroatoms. The summed E-state index contributed by atoms with van der Waals surface area (Å²) in [4.78, 5) is 23.7. The molecule has 1 atom stereocenters. The third-order valence-electron chi connectivity index (χ3n) is 6.04. The number of H-pyrrole nitrogens is 1. The molecule has 0 bridgehead atoms. The largest absolute Gasteiger partial charge is 0.354 e. The Bertz CT molecular complexity index is 1240. The number of likely N-dealkylation sites (N-methyl/N-ethyl adjacent to an activating group) is 1. The first-order valence-corrected chi connectivity index (χ1v) is 11.2. The van der Waals surface area contributed by atoms with E-state index in [0.29, 0.717) is 5.92 Å². The molecule has 4 aromatic rings. The minimum absolute atomic E-state index is 0.106. The fourth-order valence-corrected chi connectivity index (χ4v) is 5.72. The second-order valence-electron chi connectivity index (χ2n) is 8.42. The zero-order chi connectivity index (χ0) is 21.0. The lowest BCUT2D eigenvalue weighted by atomic mass is 9.99. The highest BCUT2D eigenvalue weighted by Gasteiger charge is 2.27. The number of thiophene rings is 1. The molecule has 5 heterocycles. The number of aryl methyl sites for hydroxylation is 1. The zero-order valence-corrected chi connectivity index (χ0v) is 18.5. The summed E-state index contributed by atoms with van der Waals surface area (Å²) >= 11 is 1.59. The van der Waals surface area contributed by atoms with Crippen molar-refractivity contribution in [2.75, 3.05) is 20.1 Å². The molecule has 0 aliphatic carbocycles. The lowest BCUT2D eigenvalue weighted by Gasteiger charge is -2.23. The van der Waals surface area contributed by atoms with Crippen LogP contribution in [0.25, 0.3) is 27.1 Å². The zero-order valence-electron chi connectivity index (χ0n) is 17.7. The molecule has 0 aromatic carbocycles. The Balaban J connectivity index is 1.58. The van der Waals surface area contributed by atoms with Gasteiger partial charge in [0.05, 0.1) is 20.8 Å². The number of carbonyl (C=O) groups excluding carboxylic acids is 1. The highest BCUT2D eigenvalue weighted by molar-refractivity contribution is 7.21. The Kier molecular flexibility index (Phi) is 4.63. The van der Waals surface area contributed by atoms with Gasteiger partial charge in [-0.15, -0.1) is 11.3 Å². The number of pyridine rings is 1. The topological polar surface area (TPSA) is 78.3 Å². The van der Waals surface area contributed by atoms with E-state index in [2.05, 4.69) is 47.2 Å². The molecule has 4 aromatic heterocycles. The van der Waals surface area contributed by atoms with Gasteiger partial charge in [0.25, 0.3) is 5.91 Å². The van der Waals surface area contributed by atoms with E-state index >= 15 is 0 Å². The van der Waals surface area contributed by atoms with Gasteiger partial charge in [-0.25, -0.2) is 9.50 Å². The molecule has 7 nitrogen and oxygen atoms in total. The van der Waals surface area contributed by atoms with Crippen LogP contribution in [-0.4, -0.2) is 56.6 Å². The van der Waals surface area contributed by atoms with E-state index in [1.807, 2.05) is 28.7 Å². The van der Waals surface area contributed by atoms with E-state index in [1.165, 1.54) is 5.56 Å². The van der Waals surface area contributed by atoms with Crippen LogP contribution in [0.15, 0.2) is 24.7 Å². The Morgan fingerprint density at radius 2 is 2.20 bits per heavy atom. The predicted octanol–water partition coefficient (Wildman–Crippen LogP) is 3.80. The highest BCUT2D eigenvalue weighted by atomic mass is 32.1. The van der Waals surface area contributed by atoms with E-state index in [0.717, 1.165) is 57.1 Å². The molecule has 1 amide bonds. The Hall–Kier alpha value is -2.71. The number of nitrogens with one attached hydrogen (secondary N) is 2. The second-order valence-corrected chi connectivity index (χ2v) is 9.48. The smallest absolute Gasteiger partial charge is 0.264 e. The summed E-state index contributed by atoms with van der Waals surface area (Å²) in [6.07, 6.45) is 4.61. The molecule has 0 spiro atoms. The molecular formula is C22H26N6OS. The van der Waals surface area contributed by atoms with Crippen LogP contribution >= 0.6 is 11.3 Å². The van der Waals surface area contributed by atoms with Gasteiger partial charge >= 0.3 is 0 Å². The first-order chi connectivity index (χ1) is 14.4. The SMILES string of the molecule is Cc1cc(-c2[nH]c3cc(C(=O)N(C)[C@H]4CCNC4)sc3c2C(C)C)cn2ncnc12. The molecule has 1 fully saturated rings. The van der Waals surface area contributed by atoms with Gasteiger partial charge in [0.15, 0.2) is 5.65 Å². The van der Waals surface area contributed by atoms with Crippen LogP contribution in [0.5, 0.6) is 0 Å². The number of aromatic amines is 1. The van der Waals surface area contributed by atoms with Gasteiger partial charge in [0, 0.05) is 31.4 Å². The van der Waals surface area contributed by atoms with Crippen molar-refractivity contribution >= 4 is 33.1 Å². The summed E-state index contributed by atoms with van der Waals surface area (Å²) in [5.41, 5.74) is 6.41. The van der Waals surface area contributed by atoms with Crippen molar-refractivity contribution in [2.24, 2.45) is 0 Å². The molecule has 30 heavy (non-hydrogen) atoms. The monoisotopic (exact) mass is 422 g/mol. The third-order valence-corrected chi connectivity index (χ3v) is 7.20. The molecule has 2 N–H and O–H groups in total. The van der Waals surface area contributed by atoms with Crippen molar-refractivity contribution in [3.05, 3.63) is 40.7 Å². The van der Waals surface area contributed by atoms with Gasteiger partial charge in [-0.2, -0.15) is 5.10 Å². The minimum atomic E-state index is 0.106. The lowest BCUT2D eigenvalue weighted by Crippen LogP contribution is -2.37. The summed E-state index contributed by atoms with van der Waals surface area (Å²) in [5.74, 6) is 0.424. The van der Waals surface area contributed by atoms with Crippen molar-refractivity contribution in [1.29, 1.82) is 0 Å². The van der Waals surface area contributed by atoms with Gasteiger partial charge in [0.1, 0.15) is 6.33 Å². The number of rotatable bonds is 4. The normalized spacial score (nSPS) is 16.9. The van der Waals surface area contributed by atoms with E-state index < -0.39 is 0 Å². The number of hydrogen-bond donors (Lipinski definition) is 2. The summed E-state index contributed by atoms with van der Waals surface area (Å²) in [6.45, 7) is 8.30. The van der Waals surface area contributed by atoms with Gasteiger partial charge in [-0.3, -0.25) is 4.79 Å². The molecule has 0 radical (unpaired) electrons. The van der Waals surface area contributed by atoms with Gasteiger partial charge in [0.2, 0.25) is 0 Å². The molecule has 156 valence electrons. The minimum Gasteiger partial charge on any atom is -0.354 e. The van der Waals surface area contributed by atoms with Crippen LogP contribution in [0.3, 0.4) is 0 Å². The summed E-state index contributed by atoms with van der Waals surface area (Å²) in [5, 5.41) is 7.65. The first-order valence-electron chi connectivity index (χ1n) is 10.4. The molecule has 1 saturated heterocycles. The molecule has 0 unspecified atom stereocenters. The third kappa shape index (κ3) is 3.02. The first kappa shape index (κ1) is 19.3. The quantitative estimate of drug-likeness (QED) is 0.524. The molecule has 5 rings (SSSR count). The van der Waals surface area contributed by atoms with Crippen LogP contribution in [-0.2, 0) is 0 Å². The highest BCUT2D eigenvalue weighted by Crippen LogP contribution is 2.40. The van der Waals surface area contributed by atoms with Gasteiger partial charge < -0.3 is 15.2 Å². The number of carbonyl (C=O) groups is 1. The van der Waals surface area contributed by atoms with E-state index in [4.69, 9.17) is 0 Å².